The summed E-state index contributed by atoms with van der Waals surface area (Å²) in [7, 11) is 3.09. The summed E-state index contributed by atoms with van der Waals surface area (Å²) < 4.78 is 37.2. The second-order valence-electron chi connectivity index (χ2n) is 6.82. The first-order valence-corrected chi connectivity index (χ1v) is 8.90. The summed E-state index contributed by atoms with van der Waals surface area (Å²) in [4.78, 5) is 17.3. The molecule has 0 fully saturated rings. The molecule has 4 rings (SSSR count). The number of nitrogens with zero attached hydrogens (tertiary/aromatic N) is 4. The second kappa shape index (κ2) is 7.12. The quantitative estimate of drug-likeness (QED) is 0.531. The average Bonchev–Trinajstić information content (AvgIpc) is 3.14. The smallest absolute Gasteiger partial charge is 0.265 e. The topological polar surface area (TPSA) is 61.9 Å². The number of methoxy groups -OCH3 is 1. The van der Waals surface area contributed by atoms with Crippen LogP contribution in [-0.4, -0.2) is 26.4 Å². The third-order valence-electron chi connectivity index (χ3n) is 4.83. The van der Waals surface area contributed by atoms with Crippen molar-refractivity contribution < 1.29 is 13.5 Å². The monoisotopic (exact) mass is 396 g/mol. The van der Waals surface area contributed by atoms with Crippen LogP contribution < -0.4 is 10.3 Å². The van der Waals surface area contributed by atoms with E-state index >= 15 is 0 Å². The Morgan fingerprint density at radius 3 is 2.66 bits per heavy atom. The molecule has 0 amide bonds. The van der Waals surface area contributed by atoms with Gasteiger partial charge in [0.1, 0.15) is 12.1 Å². The van der Waals surface area contributed by atoms with E-state index in [1.807, 2.05) is 0 Å². The molecule has 4 aromatic rings. The van der Waals surface area contributed by atoms with Crippen molar-refractivity contribution in [2.45, 2.75) is 13.3 Å². The fourth-order valence-corrected chi connectivity index (χ4v) is 3.31. The van der Waals surface area contributed by atoms with Crippen molar-refractivity contribution in [2.24, 2.45) is 7.05 Å². The predicted molar refractivity (Wildman–Crippen MR) is 105 cm³/mol. The Labute approximate surface area is 165 Å². The molecule has 2 aromatic heterocycles. The molecule has 6 nitrogen and oxygen atoms in total. The van der Waals surface area contributed by atoms with Crippen molar-refractivity contribution in [3.05, 3.63) is 81.7 Å². The van der Waals surface area contributed by atoms with Gasteiger partial charge >= 0.3 is 0 Å². The fraction of sp³-hybridized carbons (Fsp3) is 0.190. The number of fused-ring (bicyclic) bond motifs is 1. The number of ether oxygens (including phenoxy) is 1. The highest BCUT2D eigenvalue weighted by Gasteiger charge is 2.18. The molecule has 0 saturated heterocycles. The van der Waals surface area contributed by atoms with E-state index in [4.69, 9.17) is 4.74 Å². The second-order valence-corrected chi connectivity index (χ2v) is 6.82. The summed E-state index contributed by atoms with van der Waals surface area (Å²) in [6.07, 6.45) is 4.67. The molecule has 0 aliphatic heterocycles. The van der Waals surface area contributed by atoms with Gasteiger partial charge in [-0.25, -0.2) is 13.8 Å². The van der Waals surface area contributed by atoms with E-state index in [1.54, 1.807) is 49.2 Å². The lowest BCUT2D eigenvalue weighted by molar-refractivity contribution is 0.380. The van der Waals surface area contributed by atoms with E-state index in [0.29, 0.717) is 27.7 Å². The SMILES string of the molecule is COc1cc(C)c(F)c(Cc2ccc3ncn(-c4cnn(C)c4)c(=O)c3c2)c1F. The number of hydrogen-bond acceptors (Lipinski definition) is 4. The van der Waals surface area contributed by atoms with Crippen molar-refractivity contribution in [1.29, 1.82) is 0 Å². The highest BCUT2D eigenvalue weighted by atomic mass is 19.1. The van der Waals surface area contributed by atoms with Gasteiger partial charge in [0, 0.05) is 25.2 Å². The van der Waals surface area contributed by atoms with Gasteiger partial charge in [-0.15, -0.1) is 0 Å². The molecule has 2 heterocycles. The van der Waals surface area contributed by atoms with Crippen LogP contribution in [-0.2, 0) is 13.5 Å². The first-order chi connectivity index (χ1) is 13.9. The molecule has 0 aliphatic rings. The van der Waals surface area contributed by atoms with Gasteiger partial charge in [-0.05, 0) is 36.2 Å². The van der Waals surface area contributed by atoms with Gasteiger partial charge in [-0.2, -0.15) is 5.10 Å². The Hall–Kier alpha value is -3.55. The summed E-state index contributed by atoms with van der Waals surface area (Å²) in [5.74, 6) is -1.38. The number of rotatable bonds is 4. The highest BCUT2D eigenvalue weighted by Crippen LogP contribution is 2.28. The Morgan fingerprint density at radius 2 is 1.97 bits per heavy atom. The lowest BCUT2D eigenvalue weighted by Gasteiger charge is -2.12. The fourth-order valence-electron chi connectivity index (χ4n) is 3.31. The maximum absolute atomic E-state index is 14.6. The van der Waals surface area contributed by atoms with Crippen molar-refractivity contribution in [2.75, 3.05) is 7.11 Å². The van der Waals surface area contributed by atoms with Crippen LogP contribution in [0, 0.1) is 18.6 Å². The summed E-state index contributed by atoms with van der Waals surface area (Å²) in [5.41, 5.74) is 1.58. The van der Waals surface area contributed by atoms with E-state index in [2.05, 4.69) is 10.1 Å². The normalized spacial score (nSPS) is 11.2. The lowest BCUT2D eigenvalue weighted by atomic mass is 10.00. The van der Waals surface area contributed by atoms with Crippen LogP contribution >= 0.6 is 0 Å². The number of benzene rings is 2. The van der Waals surface area contributed by atoms with Crippen LogP contribution in [0.5, 0.6) is 5.75 Å². The minimum absolute atomic E-state index is 0.0136. The van der Waals surface area contributed by atoms with Crippen LogP contribution in [0.2, 0.25) is 0 Å². The van der Waals surface area contributed by atoms with Crippen molar-refractivity contribution in [3.8, 4) is 11.4 Å². The first kappa shape index (κ1) is 18.8. The molecule has 0 saturated carbocycles. The molecule has 0 bridgehead atoms. The van der Waals surface area contributed by atoms with E-state index in [1.165, 1.54) is 24.1 Å². The third-order valence-corrected chi connectivity index (χ3v) is 4.83. The van der Waals surface area contributed by atoms with Gasteiger partial charge in [0.25, 0.3) is 5.56 Å². The molecule has 0 radical (unpaired) electrons. The standard InChI is InChI=1S/C21H18F2N4O2/c1-12-6-18(29-3)20(23)16(19(12)22)8-13-4-5-17-15(7-13)21(28)27(11-24-17)14-9-25-26(2)10-14/h4-7,9-11H,8H2,1-3H3. The van der Waals surface area contributed by atoms with Gasteiger partial charge in [0.2, 0.25) is 0 Å². The van der Waals surface area contributed by atoms with Crippen molar-refractivity contribution in [1.82, 2.24) is 19.3 Å². The van der Waals surface area contributed by atoms with E-state index in [-0.39, 0.29) is 23.3 Å². The highest BCUT2D eigenvalue weighted by molar-refractivity contribution is 5.78. The van der Waals surface area contributed by atoms with Crippen LogP contribution in [0.25, 0.3) is 16.6 Å². The summed E-state index contributed by atoms with van der Waals surface area (Å²) in [6.45, 7) is 1.55. The zero-order chi connectivity index (χ0) is 20.7. The lowest BCUT2D eigenvalue weighted by Crippen LogP contribution is -2.18. The molecule has 0 atom stereocenters. The Bertz CT molecular complexity index is 1290. The zero-order valence-electron chi connectivity index (χ0n) is 16.1. The minimum atomic E-state index is -0.741. The van der Waals surface area contributed by atoms with Crippen LogP contribution in [0.15, 0.2) is 47.8 Å². The zero-order valence-corrected chi connectivity index (χ0v) is 16.1. The molecule has 0 N–H and O–H groups in total. The Balaban J connectivity index is 1.82. The van der Waals surface area contributed by atoms with E-state index < -0.39 is 11.6 Å². The summed E-state index contributed by atoms with van der Waals surface area (Å²) in [5, 5.41) is 4.42. The van der Waals surface area contributed by atoms with Gasteiger partial charge in [-0.1, -0.05) is 6.07 Å². The largest absolute Gasteiger partial charge is 0.494 e. The van der Waals surface area contributed by atoms with Gasteiger partial charge in [-0.3, -0.25) is 14.0 Å². The molecular formula is C21H18F2N4O2. The molecule has 8 heteroatoms. The molecular weight excluding hydrogens is 378 g/mol. The molecule has 0 spiro atoms. The van der Waals surface area contributed by atoms with E-state index in [9.17, 15) is 13.6 Å². The molecule has 0 unspecified atom stereocenters. The maximum atomic E-state index is 14.6. The molecule has 2 aromatic carbocycles. The van der Waals surface area contributed by atoms with Crippen LogP contribution in [0.1, 0.15) is 16.7 Å². The summed E-state index contributed by atoms with van der Waals surface area (Å²) in [6, 6.07) is 6.32. The molecule has 29 heavy (non-hydrogen) atoms. The number of aromatic nitrogens is 4. The number of hydrogen-bond donors (Lipinski definition) is 0. The third kappa shape index (κ3) is 3.26. The predicted octanol–water partition coefficient (Wildman–Crippen LogP) is 3.31. The number of aryl methyl sites for hydroxylation is 2. The average molecular weight is 396 g/mol. The maximum Gasteiger partial charge on any atom is 0.265 e. The van der Waals surface area contributed by atoms with Crippen molar-refractivity contribution in [3.63, 3.8) is 0 Å². The van der Waals surface area contributed by atoms with Gasteiger partial charge in [0.05, 0.1) is 29.9 Å². The molecule has 148 valence electrons. The van der Waals surface area contributed by atoms with Gasteiger partial charge < -0.3 is 4.74 Å². The number of halogens is 2. The summed E-state index contributed by atoms with van der Waals surface area (Å²) >= 11 is 0. The molecule has 0 aliphatic carbocycles. The van der Waals surface area contributed by atoms with Crippen LogP contribution in [0.3, 0.4) is 0 Å². The van der Waals surface area contributed by atoms with Crippen LogP contribution in [0.4, 0.5) is 8.78 Å². The van der Waals surface area contributed by atoms with Gasteiger partial charge in [0.15, 0.2) is 11.6 Å². The minimum Gasteiger partial charge on any atom is -0.494 e. The first-order valence-electron chi connectivity index (χ1n) is 8.90. The Morgan fingerprint density at radius 1 is 1.17 bits per heavy atom. The Kier molecular flexibility index (Phi) is 4.62. The van der Waals surface area contributed by atoms with Crippen molar-refractivity contribution >= 4 is 10.9 Å². The van der Waals surface area contributed by atoms with E-state index in [0.717, 1.165) is 0 Å².